The average Bonchev–Trinajstić information content (AvgIpc) is 2.24. The number of hydrogen-bond acceptors (Lipinski definition) is 3. The van der Waals surface area contributed by atoms with Crippen molar-refractivity contribution in [2.45, 2.75) is 56.4 Å². The SMILES string of the molecule is Cc1nc(I)nc2c1C(C)C(I)N(C(C)C)C2(C)F. The monoisotopic (exact) mass is 489 g/mol. The van der Waals surface area contributed by atoms with Crippen molar-refractivity contribution in [1.82, 2.24) is 14.9 Å². The quantitative estimate of drug-likeness (QED) is 0.258. The lowest BCUT2D eigenvalue weighted by Crippen LogP contribution is -2.54. The van der Waals surface area contributed by atoms with Gasteiger partial charge in [-0.05, 0) is 27.7 Å². The second-order valence-corrected chi connectivity index (χ2v) is 7.70. The van der Waals surface area contributed by atoms with Gasteiger partial charge in [-0.1, -0.05) is 29.5 Å². The summed E-state index contributed by atoms with van der Waals surface area (Å²) in [6.07, 6.45) is 0. The predicted molar refractivity (Wildman–Crippen MR) is 91.1 cm³/mol. The molecule has 0 N–H and O–H groups in total. The van der Waals surface area contributed by atoms with Gasteiger partial charge in [0.05, 0.1) is 4.05 Å². The van der Waals surface area contributed by atoms with Crippen molar-refractivity contribution in [2.75, 3.05) is 0 Å². The van der Waals surface area contributed by atoms with Crippen LogP contribution in [-0.4, -0.2) is 25.0 Å². The third-order valence-corrected chi connectivity index (χ3v) is 5.88. The molecule has 19 heavy (non-hydrogen) atoms. The van der Waals surface area contributed by atoms with Crippen molar-refractivity contribution in [3.05, 3.63) is 20.8 Å². The van der Waals surface area contributed by atoms with Crippen LogP contribution in [0.25, 0.3) is 0 Å². The van der Waals surface area contributed by atoms with E-state index in [4.69, 9.17) is 0 Å². The molecule has 0 saturated heterocycles. The Morgan fingerprint density at radius 2 is 1.95 bits per heavy atom. The number of nitrogens with zero attached hydrogens (tertiary/aromatic N) is 3. The number of halogens is 3. The second-order valence-electron chi connectivity index (χ2n) is 5.46. The minimum Gasteiger partial charge on any atom is -0.251 e. The Labute approximate surface area is 141 Å². The Balaban J connectivity index is 2.71. The van der Waals surface area contributed by atoms with Crippen molar-refractivity contribution in [3.8, 4) is 0 Å². The molecule has 0 amide bonds. The van der Waals surface area contributed by atoms with Gasteiger partial charge in [0.1, 0.15) is 5.69 Å². The van der Waals surface area contributed by atoms with Crippen LogP contribution in [0.15, 0.2) is 0 Å². The highest BCUT2D eigenvalue weighted by Gasteiger charge is 2.49. The molecule has 2 rings (SSSR count). The van der Waals surface area contributed by atoms with E-state index >= 15 is 4.39 Å². The van der Waals surface area contributed by atoms with E-state index in [0.717, 1.165) is 11.3 Å². The molecule has 0 bridgehead atoms. The van der Waals surface area contributed by atoms with Crippen molar-refractivity contribution in [1.29, 1.82) is 0 Å². The van der Waals surface area contributed by atoms with Crippen LogP contribution in [-0.2, 0) is 5.79 Å². The molecule has 0 saturated carbocycles. The van der Waals surface area contributed by atoms with Gasteiger partial charge in [0.2, 0.25) is 5.79 Å². The summed E-state index contributed by atoms with van der Waals surface area (Å²) < 4.78 is 16.1. The molecule has 0 spiro atoms. The van der Waals surface area contributed by atoms with Gasteiger partial charge in [-0.25, -0.2) is 14.4 Å². The number of hydrogen-bond donors (Lipinski definition) is 0. The molecular weight excluding hydrogens is 471 g/mol. The number of fused-ring (bicyclic) bond motifs is 1. The average molecular weight is 489 g/mol. The van der Waals surface area contributed by atoms with Crippen molar-refractivity contribution in [2.24, 2.45) is 0 Å². The zero-order valence-corrected chi connectivity index (χ0v) is 16.0. The molecule has 0 aliphatic carbocycles. The maximum absolute atomic E-state index is 15.4. The fraction of sp³-hybridized carbons (Fsp3) is 0.692. The van der Waals surface area contributed by atoms with Crippen LogP contribution in [0.5, 0.6) is 0 Å². The zero-order chi connectivity index (χ0) is 14.5. The summed E-state index contributed by atoms with van der Waals surface area (Å²) in [5, 5.41) is 0. The maximum atomic E-state index is 15.4. The Morgan fingerprint density at radius 3 is 2.47 bits per heavy atom. The first-order valence-corrected chi connectivity index (χ1v) is 8.66. The summed E-state index contributed by atoms with van der Waals surface area (Å²) in [7, 11) is 0. The van der Waals surface area contributed by atoms with Crippen LogP contribution in [0.4, 0.5) is 4.39 Å². The molecular formula is C13H18FI2N3. The van der Waals surface area contributed by atoms with Crippen LogP contribution in [0, 0.1) is 10.8 Å². The molecule has 3 nitrogen and oxygen atoms in total. The minimum atomic E-state index is -1.55. The van der Waals surface area contributed by atoms with Gasteiger partial charge in [0.25, 0.3) is 0 Å². The lowest BCUT2D eigenvalue weighted by atomic mass is 9.87. The molecule has 0 aromatic carbocycles. The largest absolute Gasteiger partial charge is 0.251 e. The fourth-order valence-corrected chi connectivity index (χ4v) is 5.07. The molecule has 6 heteroatoms. The van der Waals surface area contributed by atoms with E-state index in [2.05, 4.69) is 62.1 Å². The molecule has 1 aromatic heterocycles. The Bertz CT molecular complexity index is 505. The number of aromatic nitrogens is 2. The van der Waals surface area contributed by atoms with E-state index < -0.39 is 5.79 Å². The third kappa shape index (κ3) is 2.52. The standard InChI is InChI=1S/C13H18FI2N3/c1-6(2)19-11(15)7(3)9-8(4)17-12(16)18-10(9)13(19,5)14/h6-7,11H,1-5H3. The Kier molecular flexibility index (Phi) is 4.43. The highest BCUT2D eigenvalue weighted by molar-refractivity contribution is 14.1. The van der Waals surface area contributed by atoms with Gasteiger partial charge >= 0.3 is 0 Å². The van der Waals surface area contributed by atoms with Gasteiger partial charge in [0.15, 0.2) is 3.83 Å². The third-order valence-electron chi connectivity index (χ3n) is 3.72. The van der Waals surface area contributed by atoms with Crippen LogP contribution < -0.4 is 0 Å². The lowest BCUT2D eigenvalue weighted by molar-refractivity contribution is -0.0688. The Hall–Kier alpha value is 0.430. The van der Waals surface area contributed by atoms with E-state index in [1.165, 1.54) is 0 Å². The van der Waals surface area contributed by atoms with Crippen LogP contribution in [0.2, 0.25) is 0 Å². The first-order valence-electron chi connectivity index (χ1n) is 6.33. The molecule has 1 aromatic rings. The Morgan fingerprint density at radius 1 is 1.37 bits per heavy atom. The number of rotatable bonds is 1. The van der Waals surface area contributed by atoms with Crippen molar-refractivity contribution >= 4 is 45.2 Å². The fourth-order valence-electron chi connectivity index (χ4n) is 2.94. The van der Waals surface area contributed by atoms with Gasteiger partial charge in [-0.15, -0.1) is 0 Å². The van der Waals surface area contributed by atoms with Crippen molar-refractivity contribution in [3.63, 3.8) is 0 Å². The smallest absolute Gasteiger partial charge is 0.205 e. The summed E-state index contributed by atoms with van der Waals surface area (Å²) in [4.78, 5) is 10.7. The van der Waals surface area contributed by atoms with Gasteiger partial charge in [-0.2, -0.15) is 0 Å². The van der Waals surface area contributed by atoms with E-state index in [9.17, 15) is 0 Å². The molecule has 106 valence electrons. The molecule has 0 radical (unpaired) electrons. The van der Waals surface area contributed by atoms with Gasteiger partial charge < -0.3 is 0 Å². The van der Waals surface area contributed by atoms with E-state index in [0.29, 0.717) is 9.53 Å². The van der Waals surface area contributed by atoms with E-state index in [1.807, 2.05) is 25.7 Å². The van der Waals surface area contributed by atoms with Crippen LogP contribution in [0.3, 0.4) is 0 Å². The van der Waals surface area contributed by atoms with Gasteiger partial charge in [-0.3, -0.25) is 4.90 Å². The topological polar surface area (TPSA) is 29.0 Å². The van der Waals surface area contributed by atoms with E-state index in [-0.39, 0.29) is 16.0 Å². The molecule has 1 aliphatic rings. The minimum absolute atomic E-state index is 0.0995. The molecule has 3 unspecified atom stereocenters. The summed E-state index contributed by atoms with van der Waals surface area (Å²) in [5.74, 6) is -1.33. The summed E-state index contributed by atoms with van der Waals surface area (Å²) >= 11 is 4.39. The highest BCUT2D eigenvalue weighted by atomic mass is 127. The highest BCUT2D eigenvalue weighted by Crippen LogP contribution is 2.47. The zero-order valence-electron chi connectivity index (χ0n) is 11.7. The first-order chi connectivity index (χ1) is 8.67. The first kappa shape index (κ1) is 15.8. The molecule has 2 heterocycles. The summed E-state index contributed by atoms with van der Waals surface area (Å²) in [6, 6.07) is 0.125. The normalized spacial score (nSPS) is 31.6. The van der Waals surface area contributed by atoms with E-state index in [1.54, 1.807) is 6.92 Å². The molecule has 3 atom stereocenters. The van der Waals surface area contributed by atoms with Crippen LogP contribution in [0.1, 0.15) is 50.6 Å². The second kappa shape index (κ2) is 5.32. The van der Waals surface area contributed by atoms with Crippen LogP contribution >= 0.6 is 45.2 Å². The summed E-state index contributed by atoms with van der Waals surface area (Å²) in [6.45, 7) is 9.75. The number of alkyl halides is 2. The number of aryl methyl sites for hydroxylation is 1. The van der Waals surface area contributed by atoms with Crippen molar-refractivity contribution < 1.29 is 4.39 Å². The van der Waals surface area contributed by atoms with Gasteiger partial charge in [0, 0.05) is 45.8 Å². The summed E-state index contributed by atoms with van der Waals surface area (Å²) in [5.41, 5.74) is 2.41. The lowest BCUT2D eigenvalue weighted by Gasteiger charge is -2.48. The maximum Gasteiger partial charge on any atom is 0.205 e. The molecule has 1 aliphatic heterocycles. The predicted octanol–water partition coefficient (Wildman–Crippen LogP) is 4.12. The molecule has 0 fully saturated rings.